The predicted octanol–water partition coefficient (Wildman–Crippen LogP) is 4.48. The summed E-state index contributed by atoms with van der Waals surface area (Å²) in [7, 11) is -1.94. The number of rotatable bonds is 5. The molecule has 1 rings (SSSR count). The maximum absolute atomic E-state index is 11.8. The van der Waals surface area contributed by atoms with E-state index in [2.05, 4.69) is 44.2 Å². The number of aliphatic hydroxyl groups is 1. The van der Waals surface area contributed by atoms with E-state index in [1.54, 1.807) is 39.0 Å². The highest BCUT2D eigenvalue weighted by Crippen LogP contribution is 2.37. The number of hydrogen-bond acceptors (Lipinski definition) is 5. The van der Waals surface area contributed by atoms with E-state index in [1.165, 1.54) is 0 Å². The van der Waals surface area contributed by atoms with Crippen molar-refractivity contribution in [1.82, 2.24) is 4.98 Å². The Balaban J connectivity index is 2.72. The maximum Gasteiger partial charge on any atom is 0.413 e. The molecule has 142 valence electrons. The average Bonchev–Trinajstić information content (AvgIpc) is 2.41. The first-order chi connectivity index (χ1) is 11.2. The summed E-state index contributed by atoms with van der Waals surface area (Å²) in [5.41, 5.74) is -0.134. The van der Waals surface area contributed by atoms with Gasteiger partial charge in [-0.25, -0.2) is 9.78 Å². The van der Waals surface area contributed by atoms with Crippen LogP contribution in [0.25, 0.3) is 0 Å². The van der Waals surface area contributed by atoms with Crippen molar-refractivity contribution in [1.29, 1.82) is 0 Å². The lowest BCUT2D eigenvalue weighted by Gasteiger charge is -2.36. The number of amides is 1. The van der Waals surface area contributed by atoms with Gasteiger partial charge in [-0.15, -0.1) is 0 Å². The third kappa shape index (κ3) is 7.13. The van der Waals surface area contributed by atoms with E-state index in [-0.39, 0.29) is 11.6 Å². The molecule has 0 saturated heterocycles. The largest absolute Gasteiger partial charge is 0.444 e. The highest BCUT2D eigenvalue weighted by molar-refractivity contribution is 6.74. The molecule has 2 N–H and O–H groups in total. The summed E-state index contributed by atoms with van der Waals surface area (Å²) in [6.07, 6.45) is -1.43. The Morgan fingerprint density at radius 1 is 1.24 bits per heavy atom. The number of ether oxygens (including phenoxy) is 1. The van der Waals surface area contributed by atoms with Crippen molar-refractivity contribution < 1.29 is 19.1 Å². The molecule has 0 aliphatic rings. The Labute approximate surface area is 152 Å². The van der Waals surface area contributed by atoms with Crippen LogP contribution in [0.5, 0.6) is 0 Å². The van der Waals surface area contributed by atoms with E-state index in [9.17, 15) is 9.90 Å². The van der Waals surface area contributed by atoms with Crippen LogP contribution in [-0.4, -0.2) is 36.7 Å². The SMILES string of the molecule is CC(C)(C)OC(=O)Nc1cccc(C(O)CO[Si](C)(C)C(C)(C)C)n1. The Bertz CT molecular complexity index is 591. The first-order valence-corrected chi connectivity index (χ1v) is 11.4. The van der Waals surface area contributed by atoms with Gasteiger partial charge in [-0.1, -0.05) is 26.8 Å². The Morgan fingerprint density at radius 3 is 2.36 bits per heavy atom. The normalized spacial score (nSPS) is 14.1. The van der Waals surface area contributed by atoms with Gasteiger partial charge in [0.25, 0.3) is 0 Å². The van der Waals surface area contributed by atoms with Crippen LogP contribution in [-0.2, 0) is 9.16 Å². The van der Waals surface area contributed by atoms with Gasteiger partial charge in [-0.2, -0.15) is 0 Å². The lowest BCUT2D eigenvalue weighted by molar-refractivity contribution is 0.0634. The van der Waals surface area contributed by atoms with Gasteiger partial charge < -0.3 is 14.3 Å². The minimum Gasteiger partial charge on any atom is -0.444 e. The molecule has 0 aliphatic heterocycles. The summed E-state index contributed by atoms with van der Waals surface area (Å²) >= 11 is 0. The van der Waals surface area contributed by atoms with Gasteiger partial charge in [0.2, 0.25) is 0 Å². The minimum atomic E-state index is -1.94. The minimum absolute atomic E-state index is 0.0697. The summed E-state index contributed by atoms with van der Waals surface area (Å²) in [5.74, 6) is 0.332. The van der Waals surface area contributed by atoms with E-state index in [0.29, 0.717) is 11.5 Å². The number of hydrogen-bond donors (Lipinski definition) is 2. The summed E-state index contributed by atoms with van der Waals surface area (Å²) < 4.78 is 11.2. The molecule has 0 radical (unpaired) electrons. The molecule has 0 bridgehead atoms. The van der Waals surface area contributed by atoms with Crippen molar-refractivity contribution in [2.24, 2.45) is 0 Å². The Kier molecular flexibility index (Phi) is 6.78. The van der Waals surface area contributed by atoms with Crippen LogP contribution < -0.4 is 5.32 Å². The van der Waals surface area contributed by atoms with E-state index in [1.807, 2.05) is 0 Å². The van der Waals surface area contributed by atoms with Crippen LogP contribution in [0.4, 0.5) is 10.6 Å². The van der Waals surface area contributed by atoms with Crippen LogP contribution >= 0.6 is 0 Å². The van der Waals surface area contributed by atoms with Gasteiger partial charge in [0.15, 0.2) is 8.32 Å². The van der Waals surface area contributed by atoms with Gasteiger partial charge in [-0.05, 0) is 51.0 Å². The number of pyridine rings is 1. The summed E-state index contributed by atoms with van der Waals surface area (Å²) in [6.45, 7) is 16.3. The number of aliphatic hydroxyl groups excluding tert-OH is 1. The van der Waals surface area contributed by atoms with E-state index < -0.39 is 26.1 Å². The molecule has 1 aromatic heterocycles. The second-order valence-electron chi connectivity index (χ2n) is 8.66. The van der Waals surface area contributed by atoms with Crippen molar-refractivity contribution in [3.8, 4) is 0 Å². The second-order valence-corrected chi connectivity index (χ2v) is 13.5. The van der Waals surface area contributed by atoms with Gasteiger partial charge in [0, 0.05) is 0 Å². The topological polar surface area (TPSA) is 80.7 Å². The van der Waals surface area contributed by atoms with Gasteiger partial charge >= 0.3 is 6.09 Å². The molecule has 0 aliphatic carbocycles. The van der Waals surface area contributed by atoms with Crippen LogP contribution in [0.3, 0.4) is 0 Å². The molecule has 0 fully saturated rings. The second kappa shape index (κ2) is 7.84. The van der Waals surface area contributed by atoms with Crippen molar-refractivity contribution in [2.75, 3.05) is 11.9 Å². The Hall–Kier alpha value is -1.44. The molecular weight excluding hydrogens is 336 g/mol. The fourth-order valence-electron chi connectivity index (χ4n) is 1.70. The first-order valence-electron chi connectivity index (χ1n) is 8.50. The zero-order valence-electron chi connectivity index (χ0n) is 16.6. The van der Waals surface area contributed by atoms with Crippen molar-refractivity contribution in [2.45, 2.75) is 71.4 Å². The summed E-state index contributed by atoms with van der Waals surface area (Å²) in [6, 6.07) is 5.08. The molecule has 7 heteroatoms. The fourth-order valence-corrected chi connectivity index (χ4v) is 2.71. The van der Waals surface area contributed by atoms with Crippen LogP contribution in [0.15, 0.2) is 18.2 Å². The number of nitrogens with zero attached hydrogens (tertiary/aromatic N) is 1. The number of carbonyl (C=O) groups is 1. The average molecular weight is 369 g/mol. The van der Waals surface area contributed by atoms with Gasteiger partial charge in [0.1, 0.15) is 17.5 Å². The first kappa shape index (κ1) is 21.6. The van der Waals surface area contributed by atoms with Gasteiger partial charge in [0.05, 0.1) is 12.3 Å². The molecule has 0 spiro atoms. The molecule has 1 atom stereocenters. The molecule has 1 aromatic rings. The molecule has 0 aromatic carbocycles. The fraction of sp³-hybridized carbons (Fsp3) is 0.667. The third-order valence-electron chi connectivity index (χ3n) is 4.15. The van der Waals surface area contributed by atoms with Crippen molar-refractivity contribution in [3.63, 3.8) is 0 Å². The number of aromatic nitrogens is 1. The molecule has 1 unspecified atom stereocenters. The third-order valence-corrected chi connectivity index (χ3v) is 8.65. The number of anilines is 1. The van der Waals surface area contributed by atoms with Crippen molar-refractivity contribution in [3.05, 3.63) is 23.9 Å². The molecular formula is C18H32N2O4Si. The zero-order chi connectivity index (χ0) is 19.5. The van der Waals surface area contributed by atoms with E-state index in [0.717, 1.165) is 0 Å². The lowest BCUT2D eigenvalue weighted by Crippen LogP contribution is -2.41. The van der Waals surface area contributed by atoms with Gasteiger partial charge in [-0.3, -0.25) is 5.32 Å². The van der Waals surface area contributed by atoms with Crippen molar-refractivity contribution >= 4 is 20.2 Å². The summed E-state index contributed by atoms with van der Waals surface area (Å²) in [4.78, 5) is 16.1. The van der Waals surface area contributed by atoms with E-state index in [4.69, 9.17) is 9.16 Å². The maximum atomic E-state index is 11.8. The molecule has 1 amide bonds. The van der Waals surface area contributed by atoms with Crippen LogP contribution in [0.1, 0.15) is 53.3 Å². The Morgan fingerprint density at radius 2 is 1.84 bits per heavy atom. The summed E-state index contributed by atoms with van der Waals surface area (Å²) in [5, 5.41) is 13.0. The molecule has 1 heterocycles. The highest BCUT2D eigenvalue weighted by Gasteiger charge is 2.37. The van der Waals surface area contributed by atoms with Crippen LogP contribution in [0, 0.1) is 0 Å². The quantitative estimate of drug-likeness (QED) is 0.749. The highest BCUT2D eigenvalue weighted by atomic mass is 28.4. The number of carbonyl (C=O) groups excluding carboxylic acids is 1. The van der Waals surface area contributed by atoms with Crippen LogP contribution in [0.2, 0.25) is 18.1 Å². The monoisotopic (exact) mass is 368 g/mol. The zero-order valence-corrected chi connectivity index (χ0v) is 17.6. The standard InChI is InChI=1S/C18H32N2O4Si/c1-17(2,3)24-16(22)20-15-11-9-10-13(19-15)14(21)12-23-25(7,8)18(4,5)6/h9-11,14,21H,12H2,1-8H3,(H,19,20,22). The molecule has 6 nitrogen and oxygen atoms in total. The molecule has 25 heavy (non-hydrogen) atoms. The smallest absolute Gasteiger partial charge is 0.413 e. The number of nitrogens with one attached hydrogen (secondary N) is 1. The predicted molar refractivity (Wildman–Crippen MR) is 102 cm³/mol. The van der Waals surface area contributed by atoms with E-state index >= 15 is 0 Å². The molecule has 0 saturated carbocycles. The lowest BCUT2D eigenvalue weighted by atomic mass is 10.2.